The van der Waals surface area contributed by atoms with Gasteiger partial charge in [-0.25, -0.2) is 9.97 Å². The van der Waals surface area contributed by atoms with E-state index >= 15 is 0 Å². The molecule has 1 N–H and O–H groups in total. The molecule has 0 atom stereocenters. The van der Waals surface area contributed by atoms with Gasteiger partial charge in [-0.2, -0.15) is 0 Å². The molecule has 0 spiro atoms. The number of anilines is 1. The van der Waals surface area contributed by atoms with Crippen LogP contribution in [0.25, 0.3) is 21.3 Å². The molecule has 1 amide bonds. The lowest BCUT2D eigenvalue weighted by atomic mass is 10.2. The third-order valence-corrected chi connectivity index (χ3v) is 6.96. The molecule has 0 fully saturated rings. The quantitative estimate of drug-likeness (QED) is 0.488. The number of benzene rings is 1. The third-order valence-electron chi connectivity index (χ3n) is 5.77. The predicted molar refractivity (Wildman–Crippen MR) is 122 cm³/mol. The number of fused-ring (bicyclic) bond motifs is 3. The molecule has 0 radical (unpaired) electrons. The van der Waals surface area contributed by atoms with Gasteiger partial charge in [0.25, 0.3) is 11.5 Å². The molecule has 1 aliphatic heterocycles. The predicted octanol–water partition coefficient (Wildman–Crippen LogP) is 5.01. The van der Waals surface area contributed by atoms with Gasteiger partial charge in [0.1, 0.15) is 16.2 Å². The zero-order valence-electron chi connectivity index (χ0n) is 17.8. The van der Waals surface area contributed by atoms with E-state index in [4.69, 9.17) is 9.40 Å². The number of carbonyl (C=O) groups is 1. The second-order valence-electron chi connectivity index (χ2n) is 8.38. The number of carbonyl (C=O) groups excluding carboxylic acids is 1. The summed E-state index contributed by atoms with van der Waals surface area (Å²) in [6.45, 7) is 6.57. The SMILES string of the molecule is Cc1c(C(=O)Nc2ccc3oc(C(C)C)nc3c2)sc2nc3n(c(=O)c12)CCCCC3. The maximum atomic E-state index is 13.1. The Labute approximate surface area is 183 Å². The van der Waals surface area contributed by atoms with Gasteiger partial charge < -0.3 is 9.73 Å². The van der Waals surface area contributed by atoms with Crippen molar-refractivity contribution >= 4 is 44.2 Å². The molecule has 3 aromatic heterocycles. The molecule has 0 saturated heterocycles. The maximum Gasteiger partial charge on any atom is 0.266 e. The highest BCUT2D eigenvalue weighted by molar-refractivity contribution is 7.20. The first kappa shape index (κ1) is 19.9. The summed E-state index contributed by atoms with van der Waals surface area (Å²) in [6, 6.07) is 5.42. The second-order valence-corrected chi connectivity index (χ2v) is 9.37. The number of amides is 1. The van der Waals surface area contributed by atoms with Gasteiger partial charge in [-0.05, 0) is 43.5 Å². The highest BCUT2D eigenvalue weighted by Crippen LogP contribution is 2.30. The highest BCUT2D eigenvalue weighted by atomic mass is 32.1. The van der Waals surface area contributed by atoms with Crippen molar-refractivity contribution in [2.75, 3.05) is 5.32 Å². The average molecular weight is 437 g/mol. The Morgan fingerprint density at radius 1 is 1.23 bits per heavy atom. The smallest absolute Gasteiger partial charge is 0.266 e. The van der Waals surface area contributed by atoms with Gasteiger partial charge in [0.15, 0.2) is 11.5 Å². The second kappa shape index (κ2) is 7.60. The molecule has 0 unspecified atom stereocenters. The normalized spacial score (nSPS) is 14.2. The first-order valence-electron chi connectivity index (χ1n) is 10.7. The minimum Gasteiger partial charge on any atom is -0.440 e. The largest absolute Gasteiger partial charge is 0.440 e. The Kier molecular flexibility index (Phi) is 4.89. The number of thiophene rings is 1. The Balaban J connectivity index is 1.50. The van der Waals surface area contributed by atoms with Crippen LogP contribution in [0.5, 0.6) is 0 Å². The highest BCUT2D eigenvalue weighted by Gasteiger charge is 2.22. The van der Waals surface area contributed by atoms with Gasteiger partial charge in [-0.1, -0.05) is 20.3 Å². The zero-order valence-corrected chi connectivity index (χ0v) is 18.6. The molecular formula is C23H24N4O3S. The van der Waals surface area contributed by atoms with E-state index in [1.807, 2.05) is 26.8 Å². The van der Waals surface area contributed by atoms with Crippen LogP contribution in [0.3, 0.4) is 0 Å². The first-order valence-corrected chi connectivity index (χ1v) is 11.5. The van der Waals surface area contributed by atoms with E-state index in [1.165, 1.54) is 11.3 Å². The summed E-state index contributed by atoms with van der Waals surface area (Å²) >= 11 is 1.29. The maximum absolute atomic E-state index is 13.1. The Morgan fingerprint density at radius 2 is 2.06 bits per heavy atom. The number of hydrogen-bond donors (Lipinski definition) is 1. The molecule has 4 aromatic rings. The van der Waals surface area contributed by atoms with E-state index in [0.29, 0.717) is 49.9 Å². The van der Waals surface area contributed by atoms with E-state index < -0.39 is 0 Å². The number of oxazole rings is 1. The molecule has 7 nitrogen and oxygen atoms in total. The van der Waals surface area contributed by atoms with Crippen molar-refractivity contribution in [2.24, 2.45) is 0 Å². The summed E-state index contributed by atoms with van der Waals surface area (Å²) < 4.78 is 7.53. The van der Waals surface area contributed by atoms with Crippen LogP contribution < -0.4 is 10.9 Å². The number of aryl methyl sites for hydroxylation is 2. The molecule has 8 heteroatoms. The molecule has 160 valence electrons. The molecule has 31 heavy (non-hydrogen) atoms. The van der Waals surface area contributed by atoms with Crippen molar-refractivity contribution in [3.8, 4) is 0 Å². The number of hydrogen-bond acceptors (Lipinski definition) is 6. The molecule has 0 saturated carbocycles. The summed E-state index contributed by atoms with van der Waals surface area (Å²) in [4.78, 5) is 36.6. The van der Waals surface area contributed by atoms with Gasteiger partial charge in [0, 0.05) is 24.6 Å². The van der Waals surface area contributed by atoms with Crippen molar-refractivity contribution in [2.45, 2.75) is 58.9 Å². The number of rotatable bonds is 3. The topological polar surface area (TPSA) is 90.0 Å². The van der Waals surface area contributed by atoms with Crippen LogP contribution in [-0.2, 0) is 13.0 Å². The standard InChI is InChI=1S/C23H24N4O3S/c1-12(2)21-25-15-11-14(8-9-16(15)30-21)24-20(28)19-13(3)18-22(31-19)26-17-7-5-4-6-10-27(17)23(18)29/h8-9,11-12H,4-7,10H2,1-3H3,(H,24,28). The van der Waals surface area contributed by atoms with Gasteiger partial charge in [-0.15, -0.1) is 11.3 Å². The fourth-order valence-electron chi connectivity index (χ4n) is 4.08. The van der Waals surface area contributed by atoms with Crippen molar-refractivity contribution in [1.82, 2.24) is 14.5 Å². The zero-order chi connectivity index (χ0) is 21.7. The van der Waals surface area contributed by atoms with E-state index in [2.05, 4.69) is 10.3 Å². The van der Waals surface area contributed by atoms with Crippen molar-refractivity contribution in [1.29, 1.82) is 0 Å². The Hall–Kier alpha value is -3.00. The number of nitrogens with one attached hydrogen (secondary N) is 1. The molecule has 0 bridgehead atoms. The number of aromatic nitrogens is 3. The minimum atomic E-state index is -0.243. The molecule has 1 aromatic carbocycles. The van der Waals surface area contributed by atoms with Gasteiger partial charge in [0.05, 0.1) is 10.3 Å². The van der Waals surface area contributed by atoms with Crippen LogP contribution in [0.1, 0.15) is 66.0 Å². The summed E-state index contributed by atoms with van der Waals surface area (Å²) in [6.07, 6.45) is 3.94. The van der Waals surface area contributed by atoms with Crippen molar-refractivity contribution in [3.63, 3.8) is 0 Å². The van der Waals surface area contributed by atoms with Crippen LogP contribution in [0.4, 0.5) is 5.69 Å². The first-order chi connectivity index (χ1) is 14.9. The Bertz CT molecular complexity index is 1380. The lowest BCUT2D eigenvalue weighted by Crippen LogP contribution is -2.24. The summed E-state index contributed by atoms with van der Waals surface area (Å²) in [5.74, 6) is 1.45. The molecule has 4 heterocycles. The summed E-state index contributed by atoms with van der Waals surface area (Å²) in [5, 5.41) is 3.51. The Morgan fingerprint density at radius 3 is 2.87 bits per heavy atom. The lowest BCUT2D eigenvalue weighted by molar-refractivity contribution is 0.103. The van der Waals surface area contributed by atoms with Gasteiger partial charge >= 0.3 is 0 Å². The monoisotopic (exact) mass is 436 g/mol. The van der Waals surface area contributed by atoms with E-state index in [0.717, 1.165) is 31.5 Å². The van der Waals surface area contributed by atoms with Crippen LogP contribution >= 0.6 is 11.3 Å². The van der Waals surface area contributed by atoms with Crippen molar-refractivity contribution < 1.29 is 9.21 Å². The van der Waals surface area contributed by atoms with E-state index in [1.54, 1.807) is 16.7 Å². The van der Waals surface area contributed by atoms with Crippen LogP contribution in [0.2, 0.25) is 0 Å². The fraction of sp³-hybridized carbons (Fsp3) is 0.391. The average Bonchev–Trinajstić information content (AvgIpc) is 3.21. The van der Waals surface area contributed by atoms with Crippen LogP contribution in [0.15, 0.2) is 27.4 Å². The van der Waals surface area contributed by atoms with Crippen molar-refractivity contribution in [3.05, 3.63) is 50.7 Å². The summed E-state index contributed by atoms with van der Waals surface area (Å²) in [7, 11) is 0. The number of nitrogens with zero attached hydrogens (tertiary/aromatic N) is 3. The fourth-order valence-corrected chi connectivity index (χ4v) is 5.17. The lowest BCUT2D eigenvalue weighted by Gasteiger charge is -2.08. The van der Waals surface area contributed by atoms with Gasteiger partial charge in [-0.3, -0.25) is 14.2 Å². The van der Waals surface area contributed by atoms with Crippen LogP contribution in [0, 0.1) is 6.92 Å². The third kappa shape index (κ3) is 3.44. The molecule has 1 aliphatic rings. The van der Waals surface area contributed by atoms with E-state index in [9.17, 15) is 9.59 Å². The molecule has 5 rings (SSSR count). The van der Waals surface area contributed by atoms with Crippen LogP contribution in [-0.4, -0.2) is 20.4 Å². The van der Waals surface area contributed by atoms with E-state index in [-0.39, 0.29) is 17.4 Å². The summed E-state index contributed by atoms with van der Waals surface area (Å²) in [5.41, 5.74) is 2.70. The molecule has 0 aliphatic carbocycles. The minimum absolute atomic E-state index is 0.0278. The molecular weight excluding hydrogens is 412 g/mol. The van der Waals surface area contributed by atoms with Gasteiger partial charge in [0.2, 0.25) is 0 Å².